The third-order valence-corrected chi connectivity index (χ3v) is 5.53. The fourth-order valence-electron chi connectivity index (χ4n) is 4.20. The first-order valence-corrected chi connectivity index (χ1v) is 9.31. The van der Waals surface area contributed by atoms with Crippen molar-refractivity contribution in [1.29, 1.82) is 0 Å². The summed E-state index contributed by atoms with van der Waals surface area (Å²) in [4.78, 5) is 26.8. The number of aromatic nitrogens is 1. The Morgan fingerprint density at radius 1 is 1.23 bits per heavy atom. The lowest BCUT2D eigenvalue weighted by atomic mass is 9.83. The molecule has 2 unspecified atom stereocenters. The minimum Gasteiger partial charge on any atom is -0.461 e. The highest BCUT2D eigenvalue weighted by atomic mass is 16.3. The summed E-state index contributed by atoms with van der Waals surface area (Å²) in [7, 11) is 0. The van der Waals surface area contributed by atoms with Crippen LogP contribution in [0.3, 0.4) is 0 Å². The zero-order valence-corrected chi connectivity index (χ0v) is 15.3. The minimum absolute atomic E-state index is 0.0263. The van der Waals surface area contributed by atoms with Gasteiger partial charge in [-0.25, -0.2) is 0 Å². The van der Waals surface area contributed by atoms with Crippen LogP contribution in [0.5, 0.6) is 0 Å². The third-order valence-electron chi connectivity index (χ3n) is 5.53. The Morgan fingerprint density at radius 2 is 2.08 bits per heavy atom. The van der Waals surface area contributed by atoms with Crippen LogP contribution in [0.1, 0.15) is 43.4 Å². The van der Waals surface area contributed by atoms with Gasteiger partial charge in [0.1, 0.15) is 11.5 Å². The van der Waals surface area contributed by atoms with E-state index in [4.69, 9.17) is 4.42 Å². The van der Waals surface area contributed by atoms with Crippen molar-refractivity contribution < 1.29 is 9.21 Å². The molecule has 1 fully saturated rings. The number of fused-ring (bicyclic) bond motifs is 4. The molecule has 5 heteroatoms. The van der Waals surface area contributed by atoms with E-state index in [0.717, 1.165) is 35.6 Å². The SMILES string of the molecule is CCc1ccc(C(C)=CC(=O)N2CC3CC(C2)c2cccc(=O)n2C3)o1. The number of furan rings is 1. The van der Waals surface area contributed by atoms with Crippen molar-refractivity contribution in [3.63, 3.8) is 0 Å². The smallest absolute Gasteiger partial charge is 0.250 e. The molecule has 136 valence electrons. The second kappa shape index (κ2) is 6.63. The van der Waals surface area contributed by atoms with Gasteiger partial charge < -0.3 is 13.9 Å². The summed E-state index contributed by atoms with van der Waals surface area (Å²) in [6.45, 7) is 6.04. The molecule has 4 rings (SSSR count). The van der Waals surface area contributed by atoms with Gasteiger partial charge in [0.15, 0.2) is 0 Å². The molecular formula is C21H24N2O3. The van der Waals surface area contributed by atoms with Crippen LogP contribution >= 0.6 is 0 Å². The molecule has 0 radical (unpaired) electrons. The highest BCUT2D eigenvalue weighted by Crippen LogP contribution is 2.35. The summed E-state index contributed by atoms with van der Waals surface area (Å²) >= 11 is 0. The Morgan fingerprint density at radius 3 is 2.85 bits per heavy atom. The molecule has 2 aromatic heterocycles. The lowest BCUT2D eigenvalue weighted by molar-refractivity contribution is -0.128. The van der Waals surface area contributed by atoms with Crippen LogP contribution in [0.2, 0.25) is 0 Å². The molecule has 0 spiro atoms. The zero-order valence-electron chi connectivity index (χ0n) is 15.3. The second-order valence-electron chi connectivity index (χ2n) is 7.39. The summed E-state index contributed by atoms with van der Waals surface area (Å²) < 4.78 is 7.63. The standard InChI is InChI=1S/C21H24N2O3/c1-3-17-7-8-19(26-17)14(2)9-21(25)22-11-15-10-16(13-22)18-5-4-6-20(24)23(18)12-15/h4-9,15-16H,3,10-13H2,1-2H3. The molecule has 0 N–H and O–H groups in total. The van der Waals surface area contributed by atoms with Crippen molar-refractivity contribution in [3.05, 3.63) is 64.0 Å². The van der Waals surface area contributed by atoms with E-state index >= 15 is 0 Å². The fraction of sp³-hybridized carbons (Fsp3) is 0.429. The van der Waals surface area contributed by atoms with Gasteiger partial charge in [0.05, 0.1) is 0 Å². The van der Waals surface area contributed by atoms with Gasteiger partial charge in [-0.15, -0.1) is 0 Å². The van der Waals surface area contributed by atoms with E-state index in [1.54, 1.807) is 12.1 Å². The van der Waals surface area contributed by atoms with E-state index < -0.39 is 0 Å². The lowest BCUT2D eigenvalue weighted by Gasteiger charge is -2.42. The van der Waals surface area contributed by atoms with Gasteiger partial charge in [0.25, 0.3) is 5.56 Å². The number of carbonyl (C=O) groups excluding carboxylic acids is 1. The molecule has 2 aliphatic rings. The summed E-state index contributed by atoms with van der Waals surface area (Å²) in [6, 6.07) is 9.34. The van der Waals surface area contributed by atoms with Crippen LogP contribution in [-0.4, -0.2) is 28.5 Å². The van der Waals surface area contributed by atoms with E-state index in [1.165, 1.54) is 0 Å². The Hall–Kier alpha value is -2.56. The van der Waals surface area contributed by atoms with E-state index in [1.807, 2.05) is 47.6 Å². The van der Waals surface area contributed by atoms with Crippen molar-refractivity contribution in [2.75, 3.05) is 13.1 Å². The van der Waals surface area contributed by atoms with Crippen molar-refractivity contribution in [2.24, 2.45) is 5.92 Å². The van der Waals surface area contributed by atoms with Crippen LogP contribution < -0.4 is 5.56 Å². The summed E-state index contributed by atoms with van der Waals surface area (Å²) in [6.07, 6.45) is 3.57. The monoisotopic (exact) mass is 352 g/mol. The summed E-state index contributed by atoms with van der Waals surface area (Å²) in [5.74, 6) is 2.29. The number of nitrogens with zero attached hydrogens (tertiary/aromatic N) is 2. The van der Waals surface area contributed by atoms with E-state index in [9.17, 15) is 9.59 Å². The largest absolute Gasteiger partial charge is 0.461 e. The van der Waals surface area contributed by atoms with E-state index in [2.05, 4.69) is 0 Å². The van der Waals surface area contributed by atoms with Crippen LogP contribution in [0.4, 0.5) is 0 Å². The third kappa shape index (κ3) is 3.02. The normalized spacial score (nSPS) is 22.2. The molecule has 26 heavy (non-hydrogen) atoms. The van der Waals surface area contributed by atoms with Gasteiger partial charge in [-0.3, -0.25) is 9.59 Å². The lowest BCUT2D eigenvalue weighted by Crippen LogP contribution is -2.48. The number of hydrogen-bond donors (Lipinski definition) is 0. The molecule has 1 saturated heterocycles. The van der Waals surface area contributed by atoms with Crippen LogP contribution in [-0.2, 0) is 17.8 Å². The highest BCUT2D eigenvalue weighted by Gasteiger charge is 2.35. The molecule has 2 bridgehead atoms. The van der Waals surface area contributed by atoms with Gasteiger partial charge >= 0.3 is 0 Å². The first-order chi connectivity index (χ1) is 12.5. The Balaban J connectivity index is 1.54. The highest BCUT2D eigenvalue weighted by molar-refractivity contribution is 5.94. The number of amides is 1. The summed E-state index contributed by atoms with van der Waals surface area (Å²) in [5.41, 5.74) is 1.98. The quantitative estimate of drug-likeness (QED) is 0.798. The Labute approximate surface area is 152 Å². The maximum Gasteiger partial charge on any atom is 0.250 e. The predicted octanol–water partition coefficient (Wildman–Crippen LogP) is 3.05. The minimum atomic E-state index is 0.0263. The average Bonchev–Trinajstić information content (AvgIpc) is 3.12. The van der Waals surface area contributed by atoms with Crippen LogP contribution in [0.25, 0.3) is 5.57 Å². The predicted molar refractivity (Wildman–Crippen MR) is 99.9 cm³/mol. The molecule has 2 aliphatic heterocycles. The first kappa shape index (κ1) is 16.9. The number of rotatable bonds is 3. The number of piperidine rings is 1. The topological polar surface area (TPSA) is 55.5 Å². The maximum atomic E-state index is 12.8. The Bertz CT molecular complexity index is 921. The molecule has 0 aromatic carbocycles. The van der Waals surface area contributed by atoms with Gasteiger partial charge in [-0.2, -0.15) is 0 Å². The van der Waals surface area contributed by atoms with Gasteiger partial charge in [0.2, 0.25) is 5.91 Å². The van der Waals surface area contributed by atoms with Crippen molar-refractivity contribution >= 4 is 11.5 Å². The molecule has 0 aliphatic carbocycles. The summed E-state index contributed by atoms with van der Waals surface area (Å²) in [5, 5.41) is 0. The number of aryl methyl sites for hydroxylation is 1. The fourth-order valence-corrected chi connectivity index (χ4v) is 4.20. The number of allylic oxidation sites excluding steroid dienone is 1. The molecule has 5 nitrogen and oxygen atoms in total. The van der Waals surface area contributed by atoms with Gasteiger partial charge in [-0.1, -0.05) is 13.0 Å². The van der Waals surface area contributed by atoms with Gasteiger partial charge in [0, 0.05) is 49.8 Å². The molecule has 4 heterocycles. The number of hydrogen-bond acceptors (Lipinski definition) is 3. The van der Waals surface area contributed by atoms with Crippen molar-refractivity contribution in [3.8, 4) is 0 Å². The Kier molecular flexibility index (Phi) is 4.31. The molecular weight excluding hydrogens is 328 g/mol. The van der Waals surface area contributed by atoms with Crippen LogP contribution in [0.15, 0.2) is 45.6 Å². The number of pyridine rings is 1. The first-order valence-electron chi connectivity index (χ1n) is 9.31. The molecule has 0 saturated carbocycles. The van der Waals surface area contributed by atoms with Crippen molar-refractivity contribution in [2.45, 2.75) is 39.2 Å². The van der Waals surface area contributed by atoms with Crippen LogP contribution in [0, 0.1) is 5.92 Å². The van der Waals surface area contributed by atoms with E-state index in [-0.39, 0.29) is 17.4 Å². The van der Waals surface area contributed by atoms with E-state index in [0.29, 0.717) is 25.6 Å². The number of carbonyl (C=O) groups is 1. The second-order valence-corrected chi connectivity index (χ2v) is 7.39. The molecule has 2 atom stereocenters. The van der Waals surface area contributed by atoms with Crippen molar-refractivity contribution in [1.82, 2.24) is 9.47 Å². The average molecular weight is 352 g/mol. The van der Waals surface area contributed by atoms with Gasteiger partial charge in [-0.05, 0) is 43.0 Å². The number of likely N-dealkylation sites (tertiary alicyclic amines) is 1. The maximum absolute atomic E-state index is 12.8. The molecule has 2 aromatic rings. The molecule has 1 amide bonds. The zero-order chi connectivity index (χ0) is 18.3.